The summed E-state index contributed by atoms with van der Waals surface area (Å²) in [6.07, 6.45) is 6.39. The molecule has 1 atom stereocenters. The average molecular weight is 165 g/mol. The van der Waals surface area contributed by atoms with E-state index in [4.69, 9.17) is 0 Å². The Kier molecular flexibility index (Phi) is 2.13. The Balaban J connectivity index is 1.74. The maximum atomic E-state index is 3.97. The van der Waals surface area contributed by atoms with Crippen LogP contribution in [0.1, 0.15) is 25.5 Å². The molecule has 1 aliphatic rings. The number of nitrogens with zero attached hydrogens (tertiary/aromatic N) is 1. The minimum absolute atomic E-state index is 0.660. The van der Waals surface area contributed by atoms with E-state index in [0.29, 0.717) is 6.04 Å². The largest absolute Gasteiger partial charge is 0.347 e. The standard InChI is InChI=1S/C9H15N3/c1-7(8-2-3-8)11-5-9-4-10-6-12-9/h4,6-8,11H,2-3,5H2,1H3,(H,10,12). The van der Waals surface area contributed by atoms with Gasteiger partial charge in [-0.2, -0.15) is 0 Å². The van der Waals surface area contributed by atoms with Crippen LogP contribution in [0.15, 0.2) is 12.5 Å². The molecule has 0 spiro atoms. The molecule has 0 aromatic carbocycles. The van der Waals surface area contributed by atoms with Crippen LogP contribution >= 0.6 is 0 Å². The van der Waals surface area contributed by atoms with Crippen LogP contribution in [0.5, 0.6) is 0 Å². The molecule has 1 saturated carbocycles. The Hall–Kier alpha value is -0.830. The van der Waals surface area contributed by atoms with Gasteiger partial charge in [0.15, 0.2) is 0 Å². The second-order valence-corrected chi connectivity index (χ2v) is 3.58. The van der Waals surface area contributed by atoms with Gasteiger partial charge in [-0.25, -0.2) is 4.98 Å². The Bertz CT molecular complexity index is 226. The molecule has 1 aromatic heterocycles. The van der Waals surface area contributed by atoms with E-state index >= 15 is 0 Å². The first-order chi connectivity index (χ1) is 5.86. The molecule has 0 radical (unpaired) electrons. The van der Waals surface area contributed by atoms with Crippen molar-refractivity contribution in [2.75, 3.05) is 0 Å². The highest BCUT2D eigenvalue weighted by atomic mass is 15.0. The van der Waals surface area contributed by atoms with Gasteiger partial charge in [-0.05, 0) is 25.7 Å². The molecule has 12 heavy (non-hydrogen) atoms. The topological polar surface area (TPSA) is 40.7 Å². The number of rotatable bonds is 4. The first kappa shape index (κ1) is 7.80. The van der Waals surface area contributed by atoms with Gasteiger partial charge in [-0.15, -0.1) is 0 Å². The Morgan fingerprint density at radius 1 is 1.75 bits per heavy atom. The van der Waals surface area contributed by atoms with E-state index in [1.165, 1.54) is 18.5 Å². The highest BCUT2D eigenvalue weighted by molar-refractivity contribution is 4.94. The van der Waals surface area contributed by atoms with Crippen LogP contribution in [0.25, 0.3) is 0 Å². The zero-order chi connectivity index (χ0) is 8.39. The molecule has 3 heteroatoms. The Morgan fingerprint density at radius 2 is 2.58 bits per heavy atom. The van der Waals surface area contributed by atoms with Crippen LogP contribution in [-0.4, -0.2) is 16.0 Å². The predicted octanol–water partition coefficient (Wildman–Crippen LogP) is 1.30. The van der Waals surface area contributed by atoms with Crippen LogP contribution in [-0.2, 0) is 6.54 Å². The monoisotopic (exact) mass is 165 g/mol. The van der Waals surface area contributed by atoms with E-state index < -0.39 is 0 Å². The minimum atomic E-state index is 0.660. The Morgan fingerprint density at radius 3 is 3.17 bits per heavy atom. The molecular formula is C9H15N3. The summed E-state index contributed by atoms with van der Waals surface area (Å²) in [5, 5.41) is 3.48. The van der Waals surface area contributed by atoms with Crippen molar-refractivity contribution in [3.63, 3.8) is 0 Å². The van der Waals surface area contributed by atoms with Crippen LogP contribution in [0.2, 0.25) is 0 Å². The normalized spacial score (nSPS) is 19.4. The summed E-state index contributed by atoms with van der Waals surface area (Å²) in [6, 6.07) is 0.660. The molecule has 0 amide bonds. The lowest BCUT2D eigenvalue weighted by atomic mass is 10.2. The summed E-state index contributed by atoms with van der Waals surface area (Å²) in [6.45, 7) is 3.17. The van der Waals surface area contributed by atoms with Crippen molar-refractivity contribution in [2.24, 2.45) is 5.92 Å². The van der Waals surface area contributed by atoms with E-state index in [1.807, 2.05) is 6.20 Å². The third kappa shape index (κ3) is 1.85. The summed E-state index contributed by atoms with van der Waals surface area (Å²) in [5.41, 5.74) is 1.17. The minimum Gasteiger partial charge on any atom is -0.347 e. The lowest BCUT2D eigenvalue weighted by Gasteiger charge is -2.10. The van der Waals surface area contributed by atoms with Gasteiger partial charge in [0, 0.05) is 24.5 Å². The summed E-state index contributed by atoms with van der Waals surface area (Å²) in [4.78, 5) is 7.04. The molecule has 1 heterocycles. The van der Waals surface area contributed by atoms with Gasteiger partial charge in [0.2, 0.25) is 0 Å². The van der Waals surface area contributed by atoms with Gasteiger partial charge < -0.3 is 10.3 Å². The van der Waals surface area contributed by atoms with Crippen molar-refractivity contribution in [1.29, 1.82) is 0 Å². The predicted molar refractivity (Wildman–Crippen MR) is 47.6 cm³/mol. The zero-order valence-corrected chi connectivity index (χ0v) is 7.38. The molecule has 2 rings (SSSR count). The first-order valence-corrected chi connectivity index (χ1v) is 4.57. The molecule has 1 aliphatic carbocycles. The number of H-pyrrole nitrogens is 1. The fourth-order valence-corrected chi connectivity index (χ4v) is 1.42. The fraction of sp³-hybridized carbons (Fsp3) is 0.667. The molecule has 0 aliphatic heterocycles. The first-order valence-electron chi connectivity index (χ1n) is 4.57. The lowest BCUT2D eigenvalue weighted by molar-refractivity contribution is 0.493. The molecule has 0 bridgehead atoms. The van der Waals surface area contributed by atoms with Gasteiger partial charge in [0.05, 0.1) is 6.33 Å². The van der Waals surface area contributed by atoms with Crippen molar-refractivity contribution in [3.05, 3.63) is 18.2 Å². The van der Waals surface area contributed by atoms with E-state index in [9.17, 15) is 0 Å². The van der Waals surface area contributed by atoms with Crippen LogP contribution in [0.4, 0.5) is 0 Å². The molecule has 1 unspecified atom stereocenters. The zero-order valence-electron chi connectivity index (χ0n) is 7.38. The molecule has 1 fully saturated rings. The van der Waals surface area contributed by atoms with E-state index in [2.05, 4.69) is 22.2 Å². The summed E-state index contributed by atoms with van der Waals surface area (Å²) < 4.78 is 0. The van der Waals surface area contributed by atoms with E-state index in [-0.39, 0.29) is 0 Å². The lowest BCUT2D eigenvalue weighted by Crippen LogP contribution is -2.27. The smallest absolute Gasteiger partial charge is 0.0922 e. The van der Waals surface area contributed by atoms with Crippen molar-refractivity contribution < 1.29 is 0 Å². The quantitative estimate of drug-likeness (QED) is 0.706. The van der Waals surface area contributed by atoms with Gasteiger partial charge in [0.25, 0.3) is 0 Å². The van der Waals surface area contributed by atoms with Gasteiger partial charge in [-0.1, -0.05) is 0 Å². The molecule has 3 nitrogen and oxygen atoms in total. The van der Waals surface area contributed by atoms with E-state index in [0.717, 1.165) is 12.5 Å². The van der Waals surface area contributed by atoms with Crippen molar-refractivity contribution in [2.45, 2.75) is 32.4 Å². The average Bonchev–Trinajstić information content (AvgIpc) is 2.80. The maximum Gasteiger partial charge on any atom is 0.0922 e. The SMILES string of the molecule is CC(NCc1cnc[nH]1)C1CC1. The number of nitrogens with one attached hydrogen (secondary N) is 2. The van der Waals surface area contributed by atoms with Gasteiger partial charge >= 0.3 is 0 Å². The number of hydrogen-bond donors (Lipinski definition) is 2. The molecular weight excluding hydrogens is 150 g/mol. The molecule has 2 N–H and O–H groups in total. The Labute approximate surface area is 72.6 Å². The van der Waals surface area contributed by atoms with Crippen LogP contribution in [0.3, 0.4) is 0 Å². The third-order valence-corrected chi connectivity index (χ3v) is 2.50. The maximum absolute atomic E-state index is 3.97. The van der Waals surface area contributed by atoms with Crippen molar-refractivity contribution >= 4 is 0 Å². The molecule has 66 valence electrons. The molecule has 1 aromatic rings. The van der Waals surface area contributed by atoms with Crippen molar-refractivity contribution in [3.8, 4) is 0 Å². The fourth-order valence-electron chi connectivity index (χ4n) is 1.42. The van der Waals surface area contributed by atoms with Gasteiger partial charge in [-0.3, -0.25) is 0 Å². The summed E-state index contributed by atoms with van der Waals surface area (Å²) >= 11 is 0. The number of hydrogen-bond acceptors (Lipinski definition) is 2. The number of aromatic amines is 1. The second-order valence-electron chi connectivity index (χ2n) is 3.58. The van der Waals surface area contributed by atoms with Crippen molar-refractivity contribution in [1.82, 2.24) is 15.3 Å². The van der Waals surface area contributed by atoms with Crippen LogP contribution < -0.4 is 5.32 Å². The summed E-state index contributed by atoms with van der Waals surface area (Å²) in [7, 11) is 0. The number of aromatic nitrogens is 2. The van der Waals surface area contributed by atoms with Gasteiger partial charge in [0.1, 0.15) is 0 Å². The third-order valence-electron chi connectivity index (χ3n) is 2.50. The van der Waals surface area contributed by atoms with Crippen LogP contribution in [0, 0.1) is 5.92 Å². The highest BCUT2D eigenvalue weighted by Gasteiger charge is 2.27. The highest BCUT2D eigenvalue weighted by Crippen LogP contribution is 2.32. The second kappa shape index (κ2) is 3.27. The summed E-state index contributed by atoms with van der Waals surface area (Å²) in [5.74, 6) is 0.924. The molecule has 0 saturated heterocycles. The van der Waals surface area contributed by atoms with E-state index in [1.54, 1.807) is 6.33 Å². The number of imidazole rings is 1.